The normalized spacial score (nSPS) is 13.6. The van der Waals surface area contributed by atoms with Crippen molar-refractivity contribution in [3.8, 4) is 0 Å². The molecule has 12 heavy (non-hydrogen) atoms. The van der Waals surface area contributed by atoms with Gasteiger partial charge in [0.2, 0.25) is 0 Å². The highest BCUT2D eigenvalue weighted by atomic mass is 16.4. The number of hydrogen-bond acceptors (Lipinski definition) is 2. The van der Waals surface area contributed by atoms with Gasteiger partial charge in [0.15, 0.2) is 0 Å². The molecule has 5 nitrogen and oxygen atoms in total. The Kier molecular flexibility index (Phi) is 3.06. The Bertz CT molecular complexity index is 195. The first kappa shape index (κ1) is 10.7. The predicted molar refractivity (Wildman–Crippen MR) is 43.6 cm³/mol. The van der Waals surface area contributed by atoms with E-state index in [9.17, 15) is 9.59 Å². The van der Waals surface area contributed by atoms with Crippen LogP contribution in [0, 0.1) is 5.41 Å². The maximum absolute atomic E-state index is 10.6. The van der Waals surface area contributed by atoms with Crippen LogP contribution in [0.2, 0.25) is 0 Å². The fourth-order valence-electron chi connectivity index (χ4n) is 0.791. The van der Waals surface area contributed by atoms with Crippen LogP contribution in [0.5, 0.6) is 0 Å². The first-order valence-electron chi connectivity index (χ1n) is 3.54. The van der Waals surface area contributed by atoms with E-state index >= 15 is 0 Å². The van der Waals surface area contributed by atoms with Gasteiger partial charge in [-0.1, -0.05) is 20.8 Å². The van der Waals surface area contributed by atoms with Gasteiger partial charge in [-0.25, -0.2) is 9.59 Å². The first-order chi connectivity index (χ1) is 5.25. The van der Waals surface area contributed by atoms with Crippen LogP contribution in [0.25, 0.3) is 0 Å². The molecule has 2 amide bonds. The highest BCUT2D eigenvalue weighted by molar-refractivity contribution is 5.82. The molecule has 0 radical (unpaired) electrons. The van der Waals surface area contributed by atoms with E-state index in [0.717, 1.165) is 0 Å². The van der Waals surface area contributed by atoms with E-state index in [2.05, 4.69) is 5.32 Å². The highest BCUT2D eigenvalue weighted by Crippen LogP contribution is 2.18. The molecule has 0 bridgehead atoms. The molecular weight excluding hydrogens is 160 g/mol. The van der Waals surface area contributed by atoms with Gasteiger partial charge in [-0.2, -0.15) is 0 Å². The molecule has 0 aliphatic heterocycles. The number of aliphatic carboxylic acids is 1. The molecule has 5 heteroatoms. The summed E-state index contributed by atoms with van der Waals surface area (Å²) in [7, 11) is 0. The average molecular weight is 174 g/mol. The van der Waals surface area contributed by atoms with Crippen molar-refractivity contribution < 1.29 is 14.7 Å². The van der Waals surface area contributed by atoms with E-state index in [-0.39, 0.29) is 0 Å². The summed E-state index contributed by atoms with van der Waals surface area (Å²) < 4.78 is 0. The monoisotopic (exact) mass is 174 g/mol. The van der Waals surface area contributed by atoms with Crippen LogP contribution in [0.15, 0.2) is 0 Å². The molecule has 0 aromatic heterocycles. The largest absolute Gasteiger partial charge is 0.480 e. The number of nitrogens with two attached hydrogens (primary N) is 1. The number of amides is 2. The molecule has 0 spiro atoms. The second-order valence-corrected chi connectivity index (χ2v) is 3.65. The summed E-state index contributed by atoms with van der Waals surface area (Å²) in [5.74, 6) is -1.08. The number of carboxylic acid groups (broad SMARTS) is 1. The summed E-state index contributed by atoms with van der Waals surface area (Å²) in [4.78, 5) is 21.0. The fraction of sp³-hybridized carbons (Fsp3) is 0.714. The fourth-order valence-corrected chi connectivity index (χ4v) is 0.791. The lowest BCUT2D eigenvalue weighted by molar-refractivity contribution is -0.141. The predicted octanol–water partition coefficient (Wildman–Crippen LogP) is 0.154. The van der Waals surface area contributed by atoms with E-state index < -0.39 is 23.5 Å². The van der Waals surface area contributed by atoms with Gasteiger partial charge in [0.25, 0.3) is 0 Å². The van der Waals surface area contributed by atoms with Gasteiger partial charge < -0.3 is 16.2 Å². The molecule has 0 saturated heterocycles. The summed E-state index contributed by atoms with van der Waals surface area (Å²) in [6, 6.07) is -1.77. The van der Waals surface area contributed by atoms with Gasteiger partial charge in [0, 0.05) is 0 Å². The Balaban J connectivity index is 4.46. The number of rotatable bonds is 2. The molecule has 70 valence electrons. The lowest BCUT2D eigenvalue weighted by Gasteiger charge is -2.26. The Labute approximate surface area is 70.9 Å². The zero-order valence-electron chi connectivity index (χ0n) is 7.42. The third-order valence-electron chi connectivity index (χ3n) is 1.40. The van der Waals surface area contributed by atoms with Crippen molar-refractivity contribution in [2.24, 2.45) is 11.1 Å². The Hall–Kier alpha value is -1.26. The molecule has 0 saturated carbocycles. The number of hydrogen-bond donors (Lipinski definition) is 3. The van der Waals surface area contributed by atoms with E-state index in [4.69, 9.17) is 10.8 Å². The highest BCUT2D eigenvalue weighted by Gasteiger charge is 2.31. The summed E-state index contributed by atoms with van der Waals surface area (Å²) in [5, 5.41) is 10.8. The molecule has 1 unspecified atom stereocenters. The van der Waals surface area contributed by atoms with Crippen molar-refractivity contribution in [2.75, 3.05) is 0 Å². The number of carbonyl (C=O) groups is 2. The lowest BCUT2D eigenvalue weighted by atomic mass is 9.87. The van der Waals surface area contributed by atoms with Gasteiger partial charge in [-0.05, 0) is 5.41 Å². The minimum absolute atomic E-state index is 0.541. The quantitative estimate of drug-likeness (QED) is 0.556. The van der Waals surface area contributed by atoms with Crippen molar-refractivity contribution in [1.29, 1.82) is 0 Å². The molecule has 0 aliphatic carbocycles. The SMILES string of the molecule is CC(C)(C)C(NC(N)=O)C(=O)O. The summed E-state index contributed by atoms with van der Waals surface area (Å²) >= 11 is 0. The lowest BCUT2D eigenvalue weighted by Crippen LogP contribution is -2.50. The molecule has 0 aliphatic rings. The topological polar surface area (TPSA) is 92.4 Å². The van der Waals surface area contributed by atoms with Crippen molar-refractivity contribution in [2.45, 2.75) is 26.8 Å². The van der Waals surface area contributed by atoms with Crippen LogP contribution in [-0.2, 0) is 4.79 Å². The van der Waals surface area contributed by atoms with Gasteiger partial charge in [-0.15, -0.1) is 0 Å². The van der Waals surface area contributed by atoms with E-state index in [1.165, 1.54) is 0 Å². The number of primary amides is 1. The molecular formula is C7H14N2O3. The zero-order valence-corrected chi connectivity index (χ0v) is 7.42. The second kappa shape index (κ2) is 3.42. The standard InChI is InChI=1S/C7H14N2O3/c1-7(2,3)4(5(10)11)9-6(8)12/h4H,1-3H3,(H,10,11)(H3,8,9,12). The van der Waals surface area contributed by atoms with Gasteiger partial charge in [-0.3, -0.25) is 0 Å². The Morgan fingerprint density at radius 3 is 1.92 bits per heavy atom. The Morgan fingerprint density at radius 1 is 1.42 bits per heavy atom. The van der Waals surface area contributed by atoms with E-state index in [1.807, 2.05) is 0 Å². The van der Waals surface area contributed by atoms with Gasteiger partial charge in [0.05, 0.1) is 0 Å². The Morgan fingerprint density at radius 2 is 1.83 bits per heavy atom. The minimum atomic E-state index is -1.08. The zero-order chi connectivity index (χ0) is 9.94. The van der Waals surface area contributed by atoms with E-state index in [0.29, 0.717) is 0 Å². The van der Waals surface area contributed by atoms with Crippen LogP contribution < -0.4 is 11.1 Å². The molecule has 0 fully saturated rings. The van der Waals surface area contributed by atoms with Crippen LogP contribution in [0.4, 0.5) is 4.79 Å². The smallest absolute Gasteiger partial charge is 0.326 e. The number of urea groups is 1. The summed E-state index contributed by atoms with van der Waals surface area (Å²) in [6.07, 6.45) is 0. The summed E-state index contributed by atoms with van der Waals surface area (Å²) in [6.45, 7) is 5.13. The second-order valence-electron chi connectivity index (χ2n) is 3.65. The molecule has 0 aromatic carbocycles. The van der Waals surface area contributed by atoms with Crippen LogP contribution >= 0.6 is 0 Å². The third kappa shape index (κ3) is 3.23. The van der Waals surface area contributed by atoms with Crippen molar-refractivity contribution >= 4 is 12.0 Å². The maximum Gasteiger partial charge on any atom is 0.326 e. The molecule has 1 atom stereocenters. The van der Waals surface area contributed by atoms with Crippen LogP contribution in [0.1, 0.15) is 20.8 Å². The third-order valence-corrected chi connectivity index (χ3v) is 1.40. The minimum Gasteiger partial charge on any atom is -0.480 e. The van der Waals surface area contributed by atoms with Crippen LogP contribution in [0.3, 0.4) is 0 Å². The summed E-state index contributed by atoms with van der Waals surface area (Å²) in [5.41, 5.74) is 4.27. The van der Waals surface area contributed by atoms with Crippen molar-refractivity contribution in [3.05, 3.63) is 0 Å². The molecule has 0 aromatic rings. The van der Waals surface area contributed by atoms with Gasteiger partial charge in [0.1, 0.15) is 6.04 Å². The van der Waals surface area contributed by atoms with Crippen molar-refractivity contribution in [1.82, 2.24) is 5.32 Å². The van der Waals surface area contributed by atoms with Gasteiger partial charge >= 0.3 is 12.0 Å². The van der Waals surface area contributed by atoms with Crippen molar-refractivity contribution in [3.63, 3.8) is 0 Å². The average Bonchev–Trinajstić information content (AvgIpc) is 1.79. The molecule has 0 rings (SSSR count). The molecule has 0 heterocycles. The maximum atomic E-state index is 10.6. The van der Waals surface area contributed by atoms with E-state index in [1.54, 1.807) is 20.8 Å². The number of carboxylic acids is 1. The number of nitrogens with one attached hydrogen (secondary N) is 1. The van der Waals surface area contributed by atoms with Crippen LogP contribution in [-0.4, -0.2) is 23.1 Å². The first-order valence-corrected chi connectivity index (χ1v) is 3.54. The molecule has 4 N–H and O–H groups in total. The number of carbonyl (C=O) groups excluding carboxylic acids is 1.